The van der Waals surface area contributed by atoms with E-state index >= 15 is 0 Å². The largest absolute Gasteiger partial charge is 0.698 e. The van der Waals surface area contributed by atoms with Crippen molar-refractivity contribution < 1.29 is 50.0 Å². The highest BCUT2D eigenvalue weighted by Gasteiger charge is 2.46. The van der Waals surface area contributed by atoms with E-state index in [0.717, 1.165) is 0 Å². The number of rotatable bonds is 13. The van der Waals surface area contributed by atoms with Gasteiger partial charge in [0.05, 0.1) is 16.8 Å². The highest BCUT2D eigenvalue weighted by molar-refractivity contribution is 7.33. The zero-order valence-electron chi connectivity index (χ0n) is 24.4. The van der Waals surface area contributed by atoms with E-state index in [1.807, 2.05) is 6.92 Å². The normalized spacial score (nSPS) is 40.4. The summed E-state index contributed by atoms with van der Waals surface area (Å²) in [6.45, 7) is 10.1. The molecule has 0 bridgehead atoms. The van der Waals surface area contributed by atoms with Crippen molar-refractivity contribution in [1.29, 1.82) is 0 Å². The molecule has 10 nitrogen and oxygen atoms in total. The second-order valence-corrected chi connectivity index (χ2v) is 17.0. The fourth-order valence-corrected chi connectivity index (χ4v) is 6.28. The molecule has 0 aromatic carbocycles. The Morgan fingerprint density at radius 3 is 1.80 bits per heavy atom. The van der Waals surface area contributed by atoms with E-state index in [2.05, 4.69) is 33.9 Å². The molecule has 0 aliphatic carbocycles. The average molecular weight is 563 g/mol. The Labute approximate surface area is 216 Å². The van der Waals surface area contributed by atoms with Crippen molar-refractivity contribution in [2.45, 2.75) is 108 Å². The van der Waals surface area contributed by atoms with E-state index in [4.69, 9.17) is 40.8 Å². The molecule has 3 fully saturated rings. The summed E-state index contributed by atoms with van der Waals surface area (Å²) in [7, 11) is -7.20. The predicted molar refractivity (Wildman–Crippen MR) is 132 cm³/mol. The Kier molecular flexibility index (Phi) is 9.61. The van der Waals surface area contributed by atoms with Crippen LogP contribution < -0.4 is 0 Å². The Morgan fingerprint density at radius 1 is 0.829 bits per heavy atom. The van der Waals surface area contributed by atoms with Crippen molar-refractivity contribution in [1.82, 2.24) is 0 Å². The van der Waals surface area contributed by atoms with E-state index in [-0.39, 0.29) is 37.2 Å². The van der Waals surface area contributed by atoms with Crippen LogP contribution in [-0.4, -0.2) is 77.9 Å². The van der Waals surface area contributed by atoms with Crippen LogP contribution in [0.4, 0.5) is 0 Å². The summed E-state index contributed by atoms with van der Waals surface area (Å²) in [5.74, 6) is 0. The molecule has 0 aromatic heterocycles. The van der Waals surface area contributed by atoms with Gasteiger partial charge in [-0.25, -0.2) is 0 Å². The molecule has 6 unspecified atom stereocenters. The molecule has 3 saturated heterocycles. The fraction of sp³-hybridized carbons (Fsp3) is 1.00. The zero-order chi connectivity index (χ0) is 28.3. The first-order chi connectivity index (χ1) is 17.7. The molecule has 0 spiro atoms. The summed E-state index contributed by atoms with van der Waals surface area (Å²) in [5, 5.41) is 0.00501. The maximum absolute atomic E-state index is 12.8. The quantitative estimate of drug-likeness (QED) is 0.218. The van der Waals surface area contributed by atoms with Crippen LogP contribution in [-0.2, 0) is 45.9 Å². The first-order valence-electron chi connectivity index (χ1n) is 13.9. The molecule has 0 aromatic rings. The monoisotopic (exact) mass is 562 g/mol. The fourth-order valence-electron chi connectivity index (χ4n) is 3.55. The van der Waals surface area contributed by atoms with Crippen LogP contribution in [0.2, 0.25) is 18.1 Å². The summed E-state index contributed by atoms with van der Waals surface area (Å²) in [5.41, 5.74) is 0. The van der Waals surface area contributed by atoms with Gasteiger partial charge in [-0.15, -0.1) is 18.1 Å². The highest BCUT2D eigenvalue weighted by atomic mass is 31.1. The number of hydrogen-bond acceptors (Lipinski definition) is 10. The third-order valence-electron chi connectivity index (χ3n) is 6.87. The van der Waals surface area contributed by atoms with Gasteiger partial charge in [0.25, 0.3) is 0 Å². The molecular weight excluding hydrogens is 514 g/mol. The van der Waals surface area contributed by atoms with E-state index in [0.29, 0.717) is 12.8 Å². The molecule has 3 rings (SSSR count). The topological polar surface area (TPSA) is 108 Å². The van der Waals surface area contributed by atoms with Crippen LogP contribution in [0.15, 0.2) is 0 Å². The molecule has 3 heterocycles. The average Bonchev–Trinajstić information content (AvgIpc) is 3.45. The minimum absolute atomic E-state index is 0.00501. The molecule has 3 aliphatic heterocycles. The van der Waals surface area contributed by atoms with Crippen molar-refractivity contribution in [2.75, 3.05) is 33.0 Å². The van der Waals surface area contributed by atoms with Gasteiger partial charge in [-0.3, -0.25) is 0 Å². The lowest BCUT2D eigenvalue weighted by atomic mass is 10.1. The predicted octanol–water partition coefficient (Wildman–Crippen LogP) is 5.27. The number of ether oxygens (including phenoxy) is 3. The Hall–Kier alpha value is 0.0969. The lowest BCUT2D eigenvalue weighted by molar-refractivity contribution is -0.00467. The maximum atomic E-state index is 12.8. The molecule has 202 valence electrons. The van der Waals surface area contributed by atoms with Crippen molar-refractivity contribution >= 4 is 24.8 Å². The minimum atomic E-state index is -2.62. The van der Waals surface area contributed by atoms with Crippen molar-refractivity contribution in [3.63, 3.8) is 0 Å². The van der Waals surface area contributed by atoms with Crippen LogP contribution in [0.1, 0.15) is 57.5 Å². The Morgan fingerprint density at radius 2 is 1.29 bits per heavy atom. The second-order valence-electron chi connectivity index (χ2n) is 10.4. The summed E-state index contributed by atoms with van der Waals surface area (Å²) in [6.07, 6.45) is -2.31. The lowest BCUT2D eigenvalue weighted by Gasteiger charge is -2.37. The van der Waals surface area contributed by atoms with Crippen LogP contribution in [0.5, 0.6) is 0 Å². The minimum Gasteiger partial charge on any atom is -0.414 e. The third-order valence-corrected chi connectivity index (χ3v) is 13.1. The summed E-state index contributed by atoms with van der Waals surface area (Å²) >= 11 is 0. The van der Waals surface area contributed by atoms with Crippen molar-refractivity contribution in [2.24, 2.45) is 0 Å². The molecular formula is C22H42O10P2Si+2. The van der Waals surface area contributed by atoms with Gasteiger partial charge in [-0.2, -0.15) is 0 Å². The molecule has 3 aliphatic rings. The summed E-state index contributed by atoms with van der Waals surface area (Å²) < 4.78 is 93.5. The number of hydrogen-bond donors (Lipinski definition) is 0. The van der Waals surface area contributed by atoms with E-state index in [1.165, 1.54) is 0 Å². The molecule has 13 heteroatoms. The molecule has 0 saturated carbocycles. The van der Waals surface area contributed by atoms with Gasteiger partial charge in [-0.1, -0.05) is 27.7 Å². The van der Waals surface area contributed by atoms with Gasteiger partial charge in [0.15, 0.2) is 8.32 Å². The van der Waals surface area contributed by atoms with Crippen LogP contribution in [0.3, 0.4) is 0 Å². The molecule has 11 atom stereocenters. The highest BCUT2D eigenvalue weighted by Crippen LogP contribution is 2.40. The molecule has 0 N–H and O–H groups in total. The van der Waals surface area contributed by atoms with Crippen molar-refractivity contribution in [3.8, 4) is 0 Å². The first kappa shape index (κ1) is 25.4. The summed E-state index contributed by atoms with van der Waals surface area (Å²) in [6, 6.07) is 0. The van der Waals surface area contributed by atoms with Gasteiger partial charge in [0.1, 0.15) is 37.1 Å². The van der Waals surface area contributed by atoms with Crippen LogP contribution >= 0.6 is 16.5 Å². The van der Waals surface area contributed by atoms with E-state index < -0.39 is 75.1 Å². The smallest absolute Gasteiger partial charge is 0.414 e. The van der Waals surface area contributed by atoms with E-state index in [1.54, 1.807) is 0 Å². The molecule has 0 radical (unpaired) electrons. The third kappa shape index (κ3) is 8.55. The van der Waals surface area contributed by atoms with Gasteiger partial charge >= 0.3 is 16.5 Å². The molecule has 35 heavy (non-hydrogen) atoms. The van der Waals surface area contributed by atoms with Crippen molar-refractivity contribution in [3.05, 3.63) is 0 Å². The van der Waals surface area contributed by atoms with Gasteiger partial charge in [-0.05, 0) is 24.6 Å². The van der Waals surface area contributed by atoms with Gasteiger partial charge in [0.2, 0.25) is 0 Å². The maximum Gasteiger partial charge on any atom is 0.698 e. The standard InChI is InChI=1S/C22H42O10P2Si/c1-7-16-17(8-11-25-16)30-33(23)28-14-20-18(9-12-26-20)31-34(24)32-19-10-13-27-21(19)15-29-35(5,6)22(2,3)4/h16-21H,7-15H2,1-6H3/q+2/t16-,17-,18-,19?,20-,21-/m1/s1/i11T,12T,13T/t11?,12?,13?,16-,17-,18-,19?,20-,21-. The van der Waals surface area contributed by atoms with Crippen LogP contribution in [0, 0.1) is 0 Å². The molecule has 0 amide bonds. The Balaban J connectivity index is 1.48. The van der Waals surface area contributed by atoms with Gasteiger partial charge in [0, 0.05) is 48.1 Å². The SMILES string of the molecule is [3H]C1CC(O[P+](=O)O[C@@H]2CC([3H])O[C@@H]2CO[P+](=O)O[C@@H]2CC([3H])O[C@@H]2CC)[C@@H](CO[Si](C)(C)C(C)(C)C)O1. The first-order valence-corrected chi connectivity index (χ1v) is 17.2. The van der Waals surface area contributed by atoms with Crippen LogP contribution in [0.25, 0.3) is 0 Å². The van der Waals surface area contributed by atoms with E-state index in [9.17, 15) is 9.13 Å². The summed E-state index contributed by atoms with van der Waals surface area (Å²) in [4.78, 5) is 0. The zero-order valence-corrected chi connectivity index (χ0v) is 24.2. The second kappa shape index (κ2) is 13.2. The lowest BCUT2D eigenvalue weighted by Crippen LogP contribution is -2.44. The van der Waals surface area contributed by atoms with Gasteiger partial charge < -0.3 is 18.6 Å². The Bertz CT molecular complexity index is 823.